The molecular formula is C19H25N5O6. The number of cyclic esters (lactones) is 1. The Morgan fingerprint density at radius 1 is 1.07 bits per heavy atom. The highest BCUT2D eigenvalue weighted by molar-refractivity contribution is 5.86. The molecular weight excluding hydrogens is 394 g/mol. The van der Waals surface area contributed by atoms with Gasteiger partial charge in [-0.2, -0.15) is 0 Å². The van der Waals surface area contributed by atoms with Crippen LogP contribution in [0.1, 0.15) is 12.8 Å². The number of hydrazine groups is 1. The zero-order valence-corrected chi connectivity index (χ0v) is 16.6. The number of anilines is 1. The molecule has 11 nitrogen and oxygen atoms in total. The van der Waals surface area contributed by atoms with Crippen LogP contribution in [0.2, 0.25) is 0 Å². The van der Waals surface area contributed by atoms with Crippen molar-refractivity contribution >= 4 is 23.8 Å². The Balaban J connectivity index is 1.27. The van der Waals surface area contributed by atoms with Gasteiger partial charge in [-0.3, -0.25) is 9.78 Å². The molecule has 0 bridgehead atoms. The van der Waals surface area contributed by atoms with E-state index in [1.54, 1.807) is 17.3 Å². The maximum absolute atomic E-state index is 12.8. The molecule has 2 amide bonds. The highest BCUT2D eigenvalue weighted by Gasteiger charge is 2.42. The zero-order chi connectivity index (χ0) is 21.1. The fourth-order valence-corrected chi connectivity index (χ4v) is 4.10. The molecule has 4 rings (SSSR count). The minimum absolute atomic E-state index is 0.193. The van der Waals surface area contributed by atoms with Crippen LogP contribution in [0.25, 0.3) is 0 Å². The second-order valence-corrected chi connectivity index (χ2v) is 7.51. The van der Waals surface area contributed by atoms with Crippen LogP contribution in [0.5, 0.6) is 0 Å². The maximum atomic E-state index is 12.8. The van der Waals surface area contributed by atoms with Crippen LogP contribution in [0.4, 0.5) is 15.3 Å². The first-order chi connectivity index (χ1) is 14.5. The standard InChI is InChI=1S/C19H25N5O6/c25-17(22-7-3-15(4-8-22)29-19(27)28)16-13-24(18(26)30-16)23-11-9-21(10-12-23)14-1-5-20-6-2-14/h1-2,5-6,15-16H,3-4,7-13H2,(H,27,28). The molecule has 1 aromatic heterocycles. The van der Waals surface area contributed by atoms with Crippen LogP contribution in [0.15, 0.2) is 24.5 Å². The molecule has 162 valence electrons. The lowest BCUT2D eigenvalue weighted by molar-refractivity contribution is -0.140. The first-order valence-electron chi connectivity index (χ1n) is 10.1. The van der Waals surface area contributed by atoms with E-state index in [-0.39, 0.29) is 12.5 Å². The third kappa shape index (κ3) is 4.40. The number of rotatable bonds is 4. The van der Waals surface area contributed by atoms with Gasteiger partial charge in [-0.15, -0.1) is 0 Å². The normalized spacial score (nSPS) is 23.4. The number of nitrogens with zero attached hydrogens (tertiary/aromatic N) is 5. The predicted molar refractivity (Wildman–Crippen MR) is 104 cm³/mol. The average molecular weight is 419 g/mol. The molecule has 1 atom stereocenters. The van der Waals surface area contributed by atoms with Crippen molar-refractivity contribution in [3.63, 3.8) is 0 Å². The van der Waals surface area contributed by atoms with E-state index in [1.807, 2.05) is 17.1 Å². The summed E-state index contributed by atoms with van der Waals surface area (Å²) in [6.45, 7) is 3.77. The lowest BCUT2D eigenvalue weighted by Crippen LogP contribution is -2.54. The molecule has 11 heteroatoms. The summed E-state index contributed by atoms with van der Waals surface area (Å²) in [6, 6.07) is 3.91. The first-order valence-corrected chi connectivity index (χ1v) is 10.1. The summed E-state index contributed by atoms with van der Waals surface area (Å²) in [5.41, 5.74) is 1.09. The van der Waals surface area contributed by atoms with E-state index >= 15 is 0 Å². The van der Waals surface area contributed by atoms with Crippen LogP contribution in [-0.2, 0) is 14.3 Å². The number of carboxylic acid groups (broad SMARTS) is 1. The molecule has 0 spiro atoms. The van der Waals surface area contributed by atoms with Gasteiger partial charge in [0.15, 0.2) is 0 Å². The Hall–Kier alpha value is -3.08. The third-order valence-corrected chi connectivity index (χ3v) is 5.71. The largest absolute Gasteiger partial charge is 0.506 e. The number of aromatic nitrogens is 1. The number of ether oxygens (including phenoxy) is 2. The van der Waals surface area contributed by atoms with Gasteiger partial charge >= 0.3 is 12.2 Å². The number of hydrogen-bond acceptors (Lipinski definition) is 8. The van der Waals surface area contributed by atoms with Crippen molar-refractivity contribution in [2.75, 3.05) is 50.7 Å². The third-order valence-electron chi connectivity index (χ3n) is 5.71. The molecule has 30 heavy (non-hydrogen) atoms. The Morgan fingerprint density at radius 2 is 1.73 bits per heavy atom. The second-order valence-electron chi connectivity index (χ2n) is 7.51. The molecule has 1 N–H and O–H groups in total. The van der Waals surface area contributed by atoms with Crippen LogP contribution in [0, 0.1) is 0 Å². The van der Waals surface area contributed by atoms with E-state index in [1.165, 1.54) is 5.01 Å². The number of carbonyl (C=O) groups excluding carboxylic acids is 2. The minimum Gasteiger partial charge on any atom is -0.450 e. The van der Waals surface area contributed by atoms with Gasteiger partial charge in [-0.05, 0) is 12.1 Å². The first kappa shape index (κ1) is 20.2. The lowest BCUT2D eigenvalue weighted by Gasteiger charge is -2.39. The van der Waals surface area contributed by atoms with Crippen LogP contribution in [-0.4, -0.2) is 101 Å². The summed E-state index contributed by atoms with van der Waals surface area (Å²) < 4.78 is 10.1. The van der Waals surface area contributed by atoms with Crippen LogP contribution < -0.4 is 4.90 Å². The highest BCUT2D eigenvalue weighted by Crippen LogP contribution is 2.22. The second kappa shape index (κ2) is 8.74. The minimum atomic E-state index is -1.30. The van der Waals surface area contributed by atoms with E-state index in [0.717, 1.165) is 18.8 Å². The Bertz CT molecular complexity index is 777. The van der Waals surface area contributed by atoms with Gasteiger partial charge in [0, 0.05) is 70.2 Å². The van der Waals surface area contributed by atoms with Crippen molar-refractivity contribution in [3.05, 3.63) is 24.5 Å². The summed E-state index contributed by atoms with van der Waals surface area (Å²) in [5, 5.41) is 12.2. The molecule has 0 aromatic carbocycles. The molecule has 1 aromatic rings. The van der Waals surface area contributed by atoms with E-state index in [0.29, 0.717) is 39.0 Å². The average Bonchev–Trinajstić information content (AvgIpc) is 3.16. The lowest BCUT2D eigenvalue weighted by atomic mass is 10.1. The summed E-state index contributed by atoms with van der Waals surface area (Å²) >= 11 is 0. The zero-order valence-electron chi connectivity index (χ0n) is 16.6. The summed E-state index contributed by atoms with van der Waals surface area (Å²) in [7, 11) is 0. The molecule has 3 saturated heterocycles. The number of hydrogen-bond donors (Lipinski definition) is 1. The maximum Gasteiger partial charge on any atom is 0.506 e. The van der Waals surface area contributed by atoms with E-state index in [4.69, 9.17) is 14.6 Å². The van der Waals surface area contributed by atoms with Crippen molar-refractivity contribution in [3.8, 4) is 0 Å². The van der Waals surface area contributed by atoms with Gasteiger partial charge < -0.3 is 24.4 Å². The van der Waals surface area contributed by atoms with Gasteiger partial charge in [0.05, 0.1) is 6.54 Å². The van der Waals surface area contributed by atoms with Crippen molar-refractivity contribution in [1.82, 2.24) is 19.9 Å². The van der Waals surface area contributed by atoms with Crippen molar-refractivity contribution in [2.45, 2.75) is 25.0 Å². The number of pyridine rings is 1. The number of carbonyl (C=O) groups is 3. The Kier molecular flexibility index (Phi) is 5.88. The number of piperazine rings is 1. The number of amides is 2. The van der Waals surface area contributed by atoms with Crippen molar-refractivity contribution in [1.29, 1.82) is 0 Å². The summed E-state index contributed by atoms with van der Waals surface area (Å²) in [4.78, 5) is 43.7. The summed E-state index contributed by atoms with van der Waals surface area (Å²) in [6.07, 6.45) is 1.36. The van der Waals surface area contributed by atoms with Crippen LogP contribution >= 0.6 is 0 Å². The summed E-state index contributed by atoms with van der Waals surface area (Å²) in [5.74, 6) is -0.241. The number of piperidine rings is 1. The van der Waals surface area contributed by atoms with Crippen LogP contribution in [0.3, 0.4) is 0 Å². The molecule has 4 heterocycles. The highest BCUT2D eigenvalue weighted by atomic mass is 16.7. The molecule has 3 aliphatic rings. The molecule has 1 unspecified atom stereocenters. The van der Waals surface area contributed by atoms with Gasteiger partial charge in [0.1, 0.15) is 6.10 Å². The molecule has 0 aliphatic carbocycles. The van der Waals surface area contributed by atoms with Gasteiger partial charge in [0.25, 0.3) is 5.91 Å². The fraction of sp³-hybridized carbons (Fsp3) is 0.579. The van der Waals surface area contributed by atoms with Gasteiger partial charge in [0.2, 0.25) is 6.10 Å². The Morgan fingerprint density at radius 3 is 2.37 bits per heavy atom. The quantitative estimate of drug-likeness (QED) is 0.701. The fourth-order valence-electron chi connectivity index (χ4n) is 4.10. The monoisotopic (exact) mass is 419 g/mol. The van der Waals surface area contributed by atoms with Gasteiger partial charge in [-0.25, -0.2) is 19.6 Å². The molecule has 0 saturated carbocycles. The molecule has 3 aliphatic heterocycles. The SMILES string of the molecule is O=C(O)OC1CCN(C(=O)C2CN(N3CCN(c4ccncc4)CC3)C(=O)O2)CC1. The Labute approximate surface area is 173 Å². The van der Waals surface area contributed by atoms with E-state index < -0.39 is 24.5 Å². The molecule has 0 radical (unpaired) electrons. The van der Waals surface area contributed by atoms with Crippen molar-refractivity contribution < 1.29 is 29.0 Å². The smallest absolute Gasteiger partial charge is 0.450 e. The topological polar surface area (TPSA) is 116 Å². The van der Waals surface area contributed by atoms with E-state index in [2.05, 4.69) is 9.88 Å². The predicted octanol–water partition coefficient (Wildman–Crippen LogP) is 0.625. The molecule has 3 fully saturated rings. The number of likely N-dealkylation sites (tertiary alicyclic amines) is 1. The van der Waals surface area contributed by atoms with E-state index in [9.17, 15) is 14.4 Å². The van der Waals surface area contributed by atoms with Crippen molar-refractivity contribution in [2.24, 2.45) is 0 Å². The van der Waals surface area contributed by atoms with Gasteiger partial charge in [-0.1, -0.05) is 0 Å².